The molecule has 0 aromatic carbocycles. The smallest absolute Gasteiger partial charge is 0.251 e. The minimum atomic E-state index is 0.138. The van der Waals surface area contributed by atoms with Crippen LogP contribution in [0.4, 0.5) is 0 Å². The molecule has 0 bridgehead atoms. The molecule has 1 saturated carbocycles. The van der Waals surface area contributed by atoms with Crippen LogP contribution in [-0.4, -0.2) is 4.57 Å². The predicted octanol–water partition coefficient (Wildman–Crippen LogP) is 1.79. The molecule has 0 saturated heterocycles. The summed E-state index contributed by atoms with van der Waals surface area (Å²) >= 11 is 2.15. The number of pyridine rings is 1. The van der Waals surface area contributed by atoms with Gasteiger partial charge in [-0.25, -0.2) is 0 Å². The summed E-state index contributed by atoms with van der Waals surface area (Å²) in [7, 11) is 0. The predicted molar refractivity (Wildman–Crippen MR) is 51.7 cm³/mol. The number of hydrogen-bond acceptors (Lipinski definition) is 1. The van der Waals surface area contributed by atoms with Gasteiger partial charge in [-0.3, -0.25) is 4.79 Å². The van der Waals surface area contributed by atoms with Crippen LogP contribution in [0, 0.1) is 3.57 Å². The molecular formula is C8H8INO. The second-order valence-corrected chi connectivity index (χ2v) is 4.07. The Bertz CT molecular complexity index is 327. The summed E-state index contributed by atoms with van der Waals surface area (Å²) in [5.41, 5.74) is 0.138. The normalized spacial score (nSPS) is 16.8. The zero-order valence-corrected chi connectivity index (χ0v) is 8.11. The fraction of sp³-hybridized carbons (Fsp3) is 0.375. The quantitative estimate of drug-likeness (QED) is 0.706. The minimum absolute atomic E-state index is 0.138. The zero-order valence-electron chi connectivity index (χ0n) is 5.96. The van der Waals surface area contributed by atoms with Gasteiger partial charge in [-0.1, -0.05) is 0 Å². The Balaban J connectivity index is 2.48. The Morgan fingerprint density at radius 1 is 1.55 bits per heavy atom. The van der Waals surface area contributed by atoms with E-state index in [9.17, 15) is 4.79 Å². The largest absolute Gasteiger partial charge is 0.312 e. The van der Waals surface area contributed by atoms with E-state index in [2.05, 4.69) is 22.6 Å². The third-order valence-corrected chi connectivity index (χ3v) is 2.52. The number of hydrogen-bond donors (Lipinski definition) is 0. The Kier molecular flexibility index (Phi) is 1.75. The molecule has 0 atom stereocenters. The van der Waals surface area contributed by atoms with E-state index in [1.807, 2.05) is 16.8 Å². The maximum absolute atomic E-state index is 11.3. The number of nitrogens with zero attached hydrogens (tertiary/aromatic N) is 1. The molecule has 2 rings (SSSR count). The highest BCUT2D eigenvalue weighted by molar-refractivity contribution is 14.1. The van der Waals surface area contributed by atoms with E-state index in [-0.39, 0.29) is 5.56 Å². The van der Waals surface area contributed by atoms with E-state index < -0.39 is 0 Å². The lowest BCUT2D eigenvalue weighted by atomic mass is 10.4. The summed E-state index contributed by atoms with van der Waals surface area (Å²) in [6.07, 6.45) is 4.22. The van der Waals surface area contributed by atoms with Crippen molar-refractivity contribution in [2.45, 2.75) is 18.9 Å². The van der Waals surface area contributed by atoms with Gasteiger partial charge in [0.15, 0.2) is 0 Å². The molecule has 1 heterocycles. The lowest BCUT2D eigenvalue weighted by molar-refractivity contribution is 0.706. The van der Waals surface area contributed by atoms with Crippen molar-refractivity contribution in [3.63, 3.8) is 0 Å². The first-order chi connectivity index (χ1) is 5.27. The van der Waals surface area contributed by atoms with E-state index in [0.717, 1.165) is 3.57 Å². The van der Waals surface area contributed by atoms with Crippen LogP contribution in [0.15, 0.2) is 23.1 Å². The van der Waals surface area contributed by atoms with Gasteiger partial charge in [0.05, 0.1) is 0 Å². The Morgan fingerprint density at radius 2 is 2.27 bits per heavy atom. The van der Waals surface area contributed by atoms with Gasteiger partial charge >= 0.3 is 0 Å². The summed E-state index contributed by atoms with van der Waals surface area (Å²) in [6, 6.07) is 4.15. The van der Waals surface area contributed by atoms with Crippen LogP contribution in [0.3, 0.4) is 0 Å². The summed E-state index contributed by atoms with van der Waals surface area (Å²) in [4.78, 5) is 11.3. The molecule has 1 fully saturated rings. The van der Waals surface area contributed by atoms with Gasteiger partial charge in [-0.15, -0.1) is 0 Å². The molecule has 58 valence electrons. The number of rotatable bonds is 1. The van der Waals surface area contributed by atoms with Crippen molar-refractivity contribution in [1.29, 1.82) is 0 Å². The first-order valence-electron chi connectivity index (χ1n) is 3.65. The van der Waals surface area contributed by atoms with Gasteiger partial charge in [0.1, 0.15) is 0 Å². The lowest BCUT2D eigenvalue weighted by Gasteiger charge is -2.00. The average Bonchev–Trinajstić information content (AvgIpc) is 2.70. The lowest BCUT2D eigenvalue weighted by Crippen LogP contribution is -2.17. The second-order valence-electron chi connectivity index (χ2n) is 2.82. The zero-order chi connectivity index (χ0) is 7.84. The van der Waals surface area contributed by atoms with Crippen LogP contribution in [0.2, 0.25) is 0 Å². The van der Waals surface area contributed by atoms with Gasteiger partial charge in [-0.2, -0.15) is 0 Å². The summed E-state index contributed by atoms with van der Waals surface area (Å²) < 4.78 is 2.84. The number of halogens is 1. The second kappa shape index (κ2) is 2.62. The SMILES string of the molecule is O=c1cc(I)ccn1C1CC1. The Labute approximate surface area is 78.4 Å². The maximum Gasteiger partial charge on any atom is 0.251 e. The van der Waals surface area contributed by atoms with Crippen molar-refractivity contribution in [2.24, 2.45) is 0 Å². The topological polar surface area (TPSA) is 22.0 Å². The third kappa shape index (κ3) is 1.47. The molecular weight excluding hydrogens is 253 g/mol. The third-order valence-electron chi connectivity index (χ3n) is 1.85. The summed E-state index contributed by atoms with van der Waals surface area (Å²) in [5, 5.41) is 0. The van der Waals surface area contributed by atoms with Crippen LogP contribution in [-0.2, 0) is 0 Å². The van der Waals surface area contributed by atoms with Crippen molar-refractivity contribution >= 4 is 22.6 Å². The monoisotopic (exact) mass is 261 g/mol. The van der Waals surface area contributed by atoms with Crippen molar-refractivity contribution in [2.75, 3.05) is 0 Å². The molecule has 0 unspecified atom stereocenters. The van der Waals surface area contributed by atoms with E-state index in [4.69, 9.17) is 0 Å². The van der Waals surface area contributed by atoms with Crippen LogP contribution in [0.1, 0.15) is 18.9 Å². The molecule has 0 spiro atoms. The average molecular weight is 261 g/mol. The van der Waals surface area contributed by atoms with E-state index in [1.54, 1.807) is 6.07 Å². The van der Waals surface area contributed by atoms with Gasteiger partial charge in [0.25, 0.3) is 5.56 Å². The number of aromatic nitrogens is 1. The van der Waals surface area contributed by atoms with E-state index in [1.165, 1.54) is 12.8 Å². The highest BCUT2D eigenvalue weighted by atomic mass is 127. The Hall–Kier alpha value is -0.320. The van der Waals surface area contributed by atoms with Crippen molar-refractivity contribution in [3.8, 4) is 0 Å². The van der Waals surface area contributed by atoms with E-state index >= 15 is 0 Å². The van der Waals surface area contributed by atoms with Gasteiger partial charge in [-0.05, 0) is 41.5 Å². The molecule has 2 nitrogen and oxygen atoms in total. The van der Waals surface area contributed by atoms with Crippen LogP contribution >= 0.6 is 22.6 Å². The molecule has 11 heavy (non-hydrogen) atoms. The van der Waals surface area contributed by atoms with Gasteiger partial charge in [0.2, 0.25) is 0 Å². The van der Waals surface area contributed by atoms with Crippen molar-refractivity contribution in [3.05, 3.63) is 32.3 Å². The first-order valence-corrected chi connectivity index (χ1v) is 4.73. The molecule has 1 aliphatic rings. The van der Waals surface area contributed by atoms with Crippen molar-refractivity contribution in [1.82, 2.24) is 4.57 Å². The highest BCUT2D eigenvalue weighted by Gasteiger charge is 2.23. The molecule has 0 N–H and O–H groups in total. The van der Waals surface area contributed by atoms with Crippen LogP contribution < -0.4 is 5.56 Å². The van der Waals surface area contributed by atoms with Crippen LogP contribution in [0.25, 0.3) is 0 Å². The minimum Gasteiger partial charge on any atom is -0.312 e. The molecule has 1 aromatic heterocycles. The maximum atomic E-state index is 11.3. The molecule has 0 radical (unpaired) electrons. The molecule has 3 heteroatoms. The fourth-order valence-electron chi connectivity index (χ4n) is 1.12. The molecule has 1 aromatic rings. The standard InChI is InChI=1S/C8H8INO/c9-6-3-4-10(7-1-2-7)8(11)5-6/h3-5,7H,1-2H2. The highest BCUT2D eigenvalue weighted by Crippen LogP contribution is 2.33. The summed E-state index contributed by atoms with van der Waals surface area (Å²) in [5.74, 6) is 0. The molecule has 1 aliphatic carbocycles. The molecule has 0 aliphatic heterocycles. The Morgan fingerprint density at radius 3 is 2.82 bits per heavy atom. The van der Waals surface area contributed by atoms with Crippen LogP contribution in [0.5, 0.6) is 0 Å². The summed E-state index contributed by atoms with van der Waals surface area (Å²) in [6.45, 7) is 0. The van der Waals surface area contributed by atoms with Gasteiger partial charge in [0, 0.05) is 21.9 Å². The first kappa shape index (κ1) is 7.34. The fourth-order valence-corrected chi connectivity index (χ4v) is 1.55. The van der Waals surface area contributed by atoms with E-state index in [0.29, 0.717) is 6.04 Å². The van der Waals surface area contributed by atoms with Crippen molar-refractivity contribution < 1.29 is 0 Å². The van der Waals surface area contributed by atoms with Gasteiger partial charge < -0.3 is 4.57 Å². The molecule has 0 amide bonds.